The molecule has 2 heterocycles. The fraction of sp³-hybridized carbons (Fsp3) is 0.600. The van der Waals surface area contributed by atoms with E-state index in [1.807, 2.05) is 27.6 Å². The number of aliphatic hydroxyl groups excluding tert-OH is 1. The van der Waals surface area contributed by atoms with Gasteiger partial charge in [0.1, 0.15) is 12.8 Å². The van der Waals surface area contributed by atoms with Crippen LogP contribution in [0, 0.1) is 0 Å². The maximum absolute atomic E-state index is 13.1. The first-order valence-electron chi connectivity index (χ1n) is 5.43. The summed E-state index contributed by atoms with van der Waals surface area (Å²) in [5, 5.41) is 20.1. The minimum Gasteiger partial charge on any atom is -0.387 e. The summed E-state index contributed by atoms with van der Waals surface area (Å²) in [7, 11) is 0. The smallest absolute Gasteiger partial charge is 0.330 e. The van der Waals surface area contributed by atoms with Gasteiger partial charge in [0.05, 0.1) is 6.10 Å². The zero-order valence-corrected chi connectivity index (χ0v) is 11.8. The van der Waals surface area contributed by atoms with Crippen LogP contribution in [0.3, 0.4) is 0 Å². The van der Waals surface area contributed by atoms with Crippen molar-refractivity contribution in [3.05, 3.63) is 33.1 Å². The van der Waals surface area contributed by atoms with Gasteiger partial charge in [-0.15, -0.1) is 0 Å². The second-order valence-electron chi connectivity index (χ2n) is 4.27. The average Bonchev–Trinajstić information content (AvgIpc) is 2.63. The van der Waals surface area contributed by atoms with Crippen LogP contribution in [0.1, 0.15) is 6.23 Å². The van der Waals surface area contributed by atoms with Gasteiger partial charge in [0.2, 0.25) is 0 Å². The van der Waals surface area contributed by atoms with Gasteiger partial charge in [-0.05, 0) is 0 Å². The summed E-state index contributed by atoms with van der Waals surface area (Å²) in [4.78, 5) is 24.6. The normalized spacial score (nSPS) is 34.6. The Hall–Kier alpha value is -0.780. The second kappa shape index (κ2) is 5.31. The van der Waals surface area contributed by atoms with Gasteiger partial charge in [-0.1, -0.05) is 22.6 Å². The molecule has 0 saturated carbocycles. The molecule has 0 radical (unpaired) electrons. The van der Waals surface area contributed by atoms with Crippen LogP contribution in [0.15, 0.2) is 21.9 Å². The van der Waals surface area contributed by atoms with Crippen molar-refractivity contribution in [2.75, 3.05) is 11.1 Å². The average molecular weight is 386 g/mol. The highest BCUT2D eigenvalue weighted by molar-refractivity contribution is 14.1. The molecule has 1 aromatic rings. The Kier molecular flexibility index (Phi) is 4.08. The van der Waals surface area contributed by atoms with Gasteiger partial charge < -0.3 is 14.9 Å². The monoisotopic (exact) mass is 386 g/mol. The van der Waals surface area contributed by atoms with Crippen molar-refractivity contribution in [3.8, 4) is 0 Å². The fourth-order valence-corrected chi connectivity index (χ4v) is 2.70. The number of nitrogens with one attached hydrogen (secondary N) is 1. The number of ether oxygens (including phenoxy) is 1. The molecule has 1 aliphatic heterocycles. The molecule has 9 heteroatoms. The first-order chi connectivity index (χ1) is 8.93. The van der Waals surface area contributed by atoms with E-state index in [0.29, 0.717) is 4.43 Å². The molecule has 1 unspecified atom stereocenters. The van der Waals surface area contributed by atoms with Gasteiger partial charge in [0, 0.05) is 16.7 Å². The Morgan fingerprint density at radius 1 is 1.58 bits per heavy atom. The number of nitrogens with zero attached hydrogens (tertiary/aromatic N) is 1. The predicted octanol–water partition coefficient (Wildman–Crippen LogP) is -1.07. The highest BCUT2D eigenvalue weighted by atomic mass is 127. The van der Waals surface area contributed by atoms with Crippen molar-refractivity contribution in [1.29, 1.82) is 0 Å². The molecule has 106 valence electrons. The van der Waals surface area contributed by atoms with Crippen LogP contribution in [-0.4, -0.2) is 48.7 Å². The van der Waals surface area contributed by atoms with Crippen LogP contribution in [0.2, 0.25) is 0 Å². The van der Waals surface area contributed by atoms with Crippen LogP contribution in [0.25, 0.3) is 0 Å². The lowest BCUT2D eigenvalue weighted by molar-refractivity contribution is -0.120. The van der Waals surface area contributed by atoms with Crippen molar-refractivity contribution in [2.24, 2.45) is 0 Å². The molecular weight excluding hydrogens is 374 g/mol. The molecule has 1 fully saturated rings. The molecule has 1 aromatic heterocycles. The van der Waals surface area contributed by atoms with Crippen LogP contribution in [0.4, 0.5) is 4.39 Å². The summed E-state index contributed by atoms with van der Waals surface area (Å²) in [6.45, 7) is -1.28. The Bertz CT molecular complexity index is 576. The van der Waals surface area contributed by atoms with Crippen LogP contribution in [-0.2, 0) is 4.74 Å². The van der Waals surface area contributed by atoms with E-state index in [4.69, 9.17) is 4.74 Å². The molecule has 0 bridgehead atoms. The Labute approximate surface area is 120 Å². The summed E-state index contributed by atoms with van der Waals surface area (Å²) in [5.74, 6) is 0. The van der Waals surface area contributed by atoms with Gasteiger partial charge >= 0.3 is 5.69 Å². The quantitative estimate of drug-likeness (QED) is 0.454. The fourth-order valence-electron chi connectivity index (χ4n) is 2.01. The zero-order chi connectivity index (χ0) is 14.2. The lowest BCUT2D eigenvalue weighted by Crippen LogP contribution is -2.50. The van der Waals surface area contributed by atoms with Crippen molar-refractivity contribution in [2.45, 2.75) is 24.0 Å². The molecule has 1 saturated heterocycles. The Morgan fingerprint density at radius 2 is 2.26 bits per heavy atom. The van der Waals surface area contributed by atoms with Crippen LogP contribution in [0.5, 0.6) is 0 Å². The van der Waals surface area contributed by atoms with Crippen molar-refractivity contribution in [3.63, 3.8) is 0 Å². The number of alkyl halides is 2. The first kappa shape index (κ1) is 14.6. The molecule has 0 aromatic carbocycles. The molecule has 4 atom stereocenters. The summed E-state index contributed by atoms with van der Waals surface area (Å²) in [5.41, 5.74) is -3.68. The summed E-state index contributed by atoms with van der Waals surface area (Å²) in [6, 6.07) is 1.05. The lowest BCUT2D eigenvalue weighted by Gasteiger charge is -2.28. The van der Waals surface area contributed by atoms with E-state index >= 15 is 0 Å². The third kappa shape index (κ3) is 2.35. The predicted molar refractivity (Wildman–Crippen MR) is 71.1 cm³/mol. The van der Waals surface area contributed by atoms with Crippen molar-refractivity contribution in [1.82, 2.24) is 9.55 Å². The van der Waals surface area contributed by atoms with Crippen molar-refractivity contribution >= 4 is 22.6 Å². The molecule has 0 amide bonds. The van der Waals surface area contributed by atoms with E-state index in [1.54, 1.807) is 0 Å². The van der Waals surface area contributed by atoms with Crippen LogP contribution >= 0.6 is 22.6 Å². The first-order valence-corrected chi connectivity index (χ1v) is 6.96. The third-order valence-electron chi connectivity index (χ3n) is 3.07. The highest BCUT2D eigenvalue weighted by Crippen LogP contribution is 2.38. The lowest BCUT2D eigenvalue weighted by atomic mass is 9.96. The standard InChI is InChI=1S/C10H12FIN2O5/c11-4-10(18)7(16)5(3-12)19-8(10)14-2-1-6(15)13-9(14)17/h1-2,5,7-8,16,18H,3-4H2,(H,13,15,17)/t5-,7-,8?,10-/m1/s1. The number of aromatic amines is 1. The van der Waals surface area contributed by atoms with Gasteiger partial charge in [-0.25, -0.2) is 9.18 Å². The number of hydrogen-bond acceptors (Lipinski definition) is 5. The minimum absolute atomic E-state index is 0.315. The molecule has 19 heavy (non-hydrogen) atoms. The number of aromatic nitrogens is 2. The zero-order valence-electron chi connectivity index (χ0n) is 9.62. The van der Waals surface area contributed by atoms with Crippen LogP contribution < -0.4 is 11.2 Å². The molecule has 7 nitrogen and oxygen atoms in total. The minimum atomic E-state index is -2.22. The molecule has 2 rings (SSSR count). The summed E-state index contributed by atoms with van der Waals surface area (Å²) in [6.07, 6.45) is -2.56. The number of hydrogen-bond donors (Lipinski definition) is 3. The molecular formula is C10H12FIN2O5. The van der Waals surface area contributed by atoms with Gasteiger partial charge in [-0.3, -0.25) is 14.3 Å². The van der Waals surface area contributed by atoms with E-state index in [2.05, 4.69) is 0 Å². The molecule has 0 spiro atoms. The summed E-state index contributed by atoms with van der Waals surface area (Å²) >= 11 is 1.92. The topological polar surface area (TPSA) is 105 Å². The Morgan fingerprint density at radius 3 is 2.79 bits per heavy atom. The highest BCUT2D eigenvalue weighted by Gasteiger charge is 2.56. The van der Waals surface area contributed by atoms with E-state index in [1.165, 1.54) is 0 Å². The van der Waals surface area contributed by atoms with E-state index in [9.17, 15) is 24.2 Å². The number of rotatable bonds is 3. The third-order valence-corrected chi connectivity index (χ3v) is 3.93. The number of aliphatic hydroxyl groups is 2. The maximum atomic E-state index is 13.1. The number of halogens is 2. The second-order valence-corrected chi connectivity index (χ2v) is 5.15. The molecule has 3 N–H and O–H groups in total. The summed E-state index contributed by atoms with van der Waals surface area (Å²) < 4.78 is 19.6. The van der Waals surface area contributed by atoms with Gasteiger partial charge in [0.25, 0.3) is 5.56 Å². The van der Waals surface area contributed by atoms with Crippen molar-refractivity contribution < 1.29 is 19.3 Å². The molecule has 0 aliphatic carbocycles. The SMILES string of the molecule is O=c1ccn(C2O[C@H](CI)[C@@H](O)[C@]2(O)CF)c(=O)[nH]1. The Balaban J connectivity index is 2.48. The van der Waals surface area contributed by atoms with E-state index in [0.717, 1.165) is 16.8 Å². The van der Waals surface area contributed by atoms with E-state index in [-0.39, 0.29) is 0 Å². The maximum Gasteiger partial charge on any atom is 0.330 e. The van der Waals surface area contributed by atoms with Gasteiger partial charge in [0.15, 0.2) is 11.8 Å². The molecule has 1 aliphatic rings. The van der Waals surface area contributed by atoms with E-state index < -0.39 is 42.0 Å². The number of H-pyrrole nitrogens is 1. The largest absolute Gasteiger partial charge is 0.387 e. The van der Waals surface area contributed by atoms with Gasteiger partial charge in [-0.2, -0.15) is 0 Å².